The molecule has 0 amide bonds. The Balaban J connectivity index is 2.64. The van der Waals surface area contributed by atoms with Gasteiger partial charge in [0.1, 0.15) is 11.1 Å². The second-order valence-electron chi connectivity index (χ2n) is 2.62. The zero-order chi connectivity index (χ0) is 10.6. The molecule has 1 aromatic heterocycles. The van der Waals surface area contributed by atoms with Gasteiger partial charge in [0.05, 0.1) is 16.6 Å². The lowest BCUT2D eigenvalue weighted by atomic mass is 10.4. The Bertz CT molecular complexity index is 342. The van der Waals surface area contributed by atoms with E-state index in [4.69, 9.17) is 10.8 Å². The summed E-state index contributed by atoms with van der Waals surface area (Å²) < 4.78 is 11.5. The van der Waals surface area contributed by atoms with Crippen LogP contribution in [0.5, 0.6) is 0 Å². The lowest BCUT2D eigenvalue weighted by Gasteiger charge is -2.04. The molecule has 0 radical (unpaired) electrons. The normalized spacial score (nSPS) is 14.6. The highest BCUT2D eigenvalue weighted by atomic mass is 32.2. The molecule has 1 rings (SSSR count). The number of hydrogen-bond acceptors (Lipinski definition) is 4. The summed E-state index contributed by atoms with van der Waals surface area (Å²) in [4.78, 5) is 14.2. The molecule has 2 atom stereocenters. The molecule has 1 aromatic rings. The van der Waals surface area contributed by atoms with Gasteiger partial charge in [0.25, 0.3) is 0 Å². The molecule has 0 saturated carbocycles. The predicted molar refractivity (Wildman–Crippen MR) is 51.1 cm³/mol. The largest absolute Gasteiger partial charge is 0.480 e. The van der Waals surface area contributed by atoms with Gasteiger partial charge in [-0.15, -0.1) is 0 Å². The van der Waals surface area contributed by atoms with Crippen molar-refractivity contribution < 1.29 is 14.1 Å². The van der Waals surface area contributed by atoms with E-state index in [-0.39, 0.29) is 5.75 Å². The number of rotatable bonds is 4. The second kappa shape index (κ2) is 4.83. The number of carboxylic acids is 1. The van der Waals surface area contributed by atoms with Crippen molar-refractivity contribution in [1.82, 2.24) is 4.98 Å². The highest BCUT2D eigenvalue weighted by molar-refractivity contribution is 7.85. The predicted octanol–water partition coefficient (Wildman–Crippen LogP) is -0.399. The average Bonchev–Trinajstić information content (AvgIpc) is 2.19. The molecular weight excluding hydrogens is 204 g/mol. The maximum atomic E-state index is 11.5. The van der Waals surface area contributed by atoms with Crippen LogP contribution in [0.25, 0.3) is 0 Å². The van der Waals surface area contributed by atoms with Crippen molar-refractivity contribution in [2.45, 2.75) is 11.1 Å². The maximum absolute atomic E-state index is 11.5. The van der Waals surface area contributed by atoms with Crippen molar-refractivity contribution in [1.29, 1.82) is 0 Å². The van der Waals surface area contributed by atoms with E-state index in [9.17, 15) is 9.00 Å². The van der Waals surface area contributed by atoms with Crippen LogP contribution >= 0.6 is 0 Å². The quantitative estimate of drug-likeness (QED) is 0.711. The standard InChI is InChI=1S/C8H10N2O3S/c9-6(8(11)12)5-14(13)7-3-1-2-4-10-7/h1-4,6H,5,9H2,(H,11,12)/t6-,14-/m0/s1. The Morgan fingerprint density at radius 2 is 2.36 bits per heavy atom. The van der Waals surface area contributed by atoms with Gasteiger partial charge < -0.3 is 10.8 Å². The number of aliphatic carboxylic acids is 1. The zero-order valence-electron chi connectivity index (χ0n) is 7.29. The summed E-state index contributed by atoms with van der Waals surface area (Å²) in [5.41, 5.74) is 5.23. The monoisotopic (exact) mass is 214 g/mol. The van der Waals surface area contributed by atoms with E-state index in [0.717, 1.165) is 0 Å². The van der Waals surface area contributed by atoms with Crippen LogP contribution in [0, 0.1) is 0 Å². The number of carbonyl (C=O) groups is 1. The van der Waals surface area contributed by atoms with Gasteiger partial charge in [-0.3, -0.25) is 9.00 Å². The summed E-state index contributed by atoms with van der Waals surface area (Å²) in [6.45, 7) is 0. The van der Waals surface area contributed by atoms with E-state index in [2.05, 4.69) is 4.98 Å². The molecule has 0 aliphatic heterocycles. The van der Waals surface area contributed by atoms with Gasteiger partial charge in [-0.2, -0.15) is 0 Å². The zero-order valence-corrected chi connectivity index (χ0v) is 8.11. The average molecular weight is 214 g/mol. The molecule has 14 heavy (non-hydrogen) atoms. The third-order valence-corrected chi connectivity index (χ3v) is 2.89. The van der Waals surface area contributed by atoms with Crippen molar-refractivity contribution in [2.75, 3.05) is 5.75 Å². The van der Waals surface area contributed by atoms with Crippen LogP contribution in [-0.4, -0.2) is 32.1 Å². The van der Waals surface area contributed by atoms with Crippen LogP contribution in [0.3, 0.4) is 0 Å². The summed E-state index contributed by atoms with van der Waals surface area (Å²) in [6.07, 6.45) is 1.50. The second-order valence-corrected chi connectivity index (χ2v) is 4.07. The number of carboxylic acid groups (broad SMARTS) is 1. The number of nitrogens with zero attached hydrogens (tertiary/aromatic N) is 1. The van der Waals surface area contributed by atoms with Crippen molar-refractivity contribution >= 4 is 16.8 Å². The van der Waals surface area contributed by atoms with Gasteiger partial charge in [0, 0.05) is 6.20 Å². The van der Waals surface area contributed by atoms with Crippen molar-refractivity contribution in [3.63, 3.8) is 0 Å². The van der Waals surface area contributed by atoms with Crippen LogP contribution in [0.2, 0.25) is 0 Å². The van der Waals surface area contributed by atoms with Gasteiger partial charge in [-0.25, -0.2) is 4.98 Å². The minimum Gasteiger partial charge on any atom is -0.480 e. The first kappa shape index (κ1) is 10.8. The molecule has 6 heteroatoms. The number of pyridine rings is 1. The minimum atomic E-state index is -1.45. The van der Waals surface area contributed by atoms with Gasteiger partial charge in [0.15, 0.2) is 0 Å². The molecule has 76 valence electrons. The molecule has 0 unspecified atom stereocenters. The number of hydrogen-bond donors (Lipinski definition) is 2. The first-order chi connectivity index (χ1) is 6.61. The minimum absolute atomic E-state index is 0.119. The third-order valence-electron chi connectivity index (χ3n) is 1.52. The lowest BCUT2D eigenvalue weighted by Crippen LogP contribution is -2.35. The van der Waals surface area contributed by atoms with Crippen LogP contribution < -0.4 is 5.73 Å². The molecule has 0 aliphatic carbocycles. The summed E-state index contributed by atoms with van der Waals surface area (Å²) in [5, 5.41) is 8.85. The first-order valence-corrected chi connectivity index (χ1v) is 5.21. The fourth-order valence-corrected chi connectivity index (χ4v) is 1.85. The molecule has 1 heterocycles. The van der Waals surface area contributed by atoms with Gasteiger partial charge in [-0.1, -0.05) is 6.07 Å². The fraction of sp³-hybridized carbons (Fsp3) is 0.250. The molecule has 0 spiro atoms. The third kappa shape index (κ3) is 2.90. The SMILES string of the molecule is N[C@@H](C[S@](=O)c1ccccn1)C(=O)O. The van der Waals surface area contributed by atoms with E-state index in [1.54, 1.807) is 18.2 Å². The van der Waals surface area contributed by atoms with Crippen LogP contribution in [0.1, 0.15) is 0 Å². The number of aromatic nitrogens is 1. The van der Waals surface area contributed by atoms with E-state index in [1.807, 2.05) is 0 Å². The lowest BCUT2D eigenvalue weighted by molar-refractivity contribution is -0.137. The van der Waals surface area contributed by atoms with Crippen LogP contribution in [0.15, 0.2) is 29.4 Å². The van der Waals surface area contributed by atoms with E-state index in [1.165, 1.54) is 6.20 Å². The van der Waals surface area contributed by atoms with Gasteiger partial charge >= 0.3 is 5.97 Å². The molecule has 0 aliphatic rings. The highest BCUT2D eigenvalue weighted by Crippen LogP contribution is 2.02. The summed E-state index contributed by atoms with van der Waals surface area (Å²) in [7, 11) is -1.45. The smallest absolute Gasteiger partial charge is 0.321 e. The van der Waals surface area contributed by atoms with E-state index < -0.39 is 22.8 Å². The maximum Gasteiger partial charge on any atom is 0.321 e. The topological polar surface area (TPSA) is 93.3 Å². The Morgan fingerprint density at radius 3 is 2.86 bits per heavy atom. The molecule has 0 bridgehead atoms. The van der Waals surface area contributed by atoms with E-state index >= 15 is 0 Å². The molecule has 0 aromatic carbocycles. The van der Waals surface area contributed by atoms with Crippen molar-refractivity contribution in [3.05, 3.63) is 24.4 Å². The Labute approximate surface area is 83.4 Å². The summed E-state index contributed by atoms with van der Waals surface area (Å²) >= 11 is 0. The molecule has 0 saturated heterocycles. The molecular formula is C8H10N2O3S. The number of nitrogens with two attached hydrogens (primary N) is 1. The Kier molecular flexibility index (Phi) is 3.73. The Morgan fingerprint density at radius 1 is 1.64 bits per heavy atom. The molecule has 3 N–H and O–H groups in total. The van der Waals surface area contributed by atoms with Gasteiger partial charge in [0.2, 0.25) is 0 Å². The molecule has 5 nitrogen and oxygen atoms in total. The summed E-state index contributed by atoms with van der Waals surface area (Å²) in [6, 6.07) is 3.84. The van der Waals surface area contributed by atoms with Crippen molar-refractivity contribution in [3.8, 4) is 0 Å². The van der Waals surface area contributed by atoms with Crippen LogP contribution in [-0.2, 0) is 15.6 Å². The van der Waals surface area contributed by atoms with Gasteiger partial charge in [-0.05, 0) is 12.1 Å². The highest BCUT2D eigenvalue weighted by Gasteiger charge is 2.16. The van der Waals surface area contributed by atoms with Crippen LogP contribution in [0.4, 0.5) is 0 Å². The first-order valence-electron chi connectivity index (χ1n) is 3.89. The Hall–Kier alpha value is -1.27. The summed E-state index contributed by atoms with van der Waals surface area (Å²) in [5.74, 6) is -1.28. The molecule has 0 fully saturated rings. The van der Waals surface area contributed by atoms with E-state index in [0.29, 0.717) is 5.03 Å². The van der Waals surface area contributed by atoms with Crippen molar-refractivity contribution in [2.24, 2.45) is 5.73 Å². The fourth-order valence-electron chi connectivity index (χ4n) is 0.802.